The van der Waals surface area contributed by atoms with Crippen LogP contribution in [0.3, 0.4) is 0 Å². The Morgan fingerprint density at radius 1 is 0.156 bits per heavy atom. The summed E-state index contributed by atoms with van der Waals surface area (Å²) in [5.41, 5.74) is 10.1. The van der Waals surface area contributed by atoms with E-state index in [2.05, 4.69) is 218 Å². The van der Waals surface area contributed by atoms with E-state index in [4.69, 9.17) is 0 Å². The first kappa shape index (κ1) is 34.3. The lowest BCUT2D eigenvalue weighted by Crippen LogP contribution is -1.93. The molecule has 0 unspecified atom stereocenters. The van der Waals surface area contributed by atoms with Gasteiger partial charge < -0.3 is 0 Å². The molecule has 0 radical (unpaired) electrons. The van der Waals surface area contributed by atoms with Gasteiger partial charge in [-0.1, -0.05) is 218 Å². The Bertz CT molecular complexity index is 4310. The average Bonchev–Trinajstić information content (AvgIpc) is 3.88. The third-order valence-corrected chi connectivity index (χ3v) is 14.6. The molecule has 0 aliphatic heterocycles. The van der Waals surface area contributed by atoms with E-state index in [1.54, 1.807) is 0 Å². The van der Waals surface area contributed by atoms with Crippen LogP contribution in [0.4, 0.5) is 0 Å². The number of rotatable bonds is 4. The molecule has 15 aromatic carbocycles. The van der Waals surface area contributed by atoms with E-state index in [-0.39, 0.29) is 0 Å². The Hall–Kier alpha value is -8.32. The molecule has 0 fully saturated rings. The quantitative estimate of drug-likeness (QED) is 0.123. The van der Waals surface area contributed by atoms with Crippen molar-refractivity contribution in [3.8, 4) is 44.5 Å². The van der Waals surface area contributed by atoms with Crippen LogP contribution >= 0.6 is 0 Å². The molecule has 292 valence electrons. The van der Waals surface area contributed by atoms with Crippen LogP contribution in [0.15, 0.2) is 218 Å². The lowest BCUT2D eigenvalue weighted by molar-refractivity contribution is 1.64. The Kier molecular flexibility index (Phi) is 6.77. The van der Waals surface area contributed by atoms with Gasteiger partial charge in [-0.2, -0.15) is 0 Å². The molecule has 0 heteroatoms. The van der Waals surface area contributed by atoms with Gasteiger partial charge in [0.05, 0.1) is 0 Å². The summed E-state index contributed by atoms with van der Waals surface area (Å²) in [6.07, 6.45) is 0. The summed E-state index contributed by atoms with van der Waals surface area (Å²) in [5.74, 6) is 0. The summed E-state index contributed by atoms with van der Waals surface area (Å²) in [4.78, 5) is 0. The van der Waals surface area contributed by atoms with Gasteiger partial charge in [0.15, 0.2) is 0 Å². The second-order valence-corrected chi connectivity index (χ2v) is 17.7. The van der Waals surface area contributed by atoms with Gasteiger partial charge in [-0.15, -0.1) is 0 Å². The molecule has 0 atom stereocenters. The molecular weight excluding hydrogens is 769 g/mol. The lowest BCUT2D eigenvalue weighted by atomic mass is 9.81. The van der Waals surface area contributed by atoms with Crippen molar-refractivity contribution in [2.45, 2.75) is 0 Å². The van der Waals surface area contributed by atoms with Crippen LogP contribution in [0.2, 0.25) is 0 Å². The highest BCUT2D eigenvalue weighted by atomic mass is 14.3. The minimum absolute atomic E-state index is 1.23. The molecule has 0 aromatic heterocycles. The van der Waals surface area contributed by atoms with Crippen LogP contribution in [-0.2, 0) is 0 Å². The smallest absolute Gasteiger partial charge is 0.000696 e. The lowest BCUT2D eigenvalue weighted by Gasteiger charge is -2.21. The summed E-state index contributed by atoms with van der Waals surface area (Å²) >= 11 is 0. The highest BCUT2D eigenvalue weighted by Gasteiger charge is 2.29. The van der Waals surface area contributed by atoms with Crippen molar-refractivity contribution in [1.82, 2.24) is 0 Å². The molecule has 0 N–H and O–H groups in total. The van der Waals surface area contributed by atoms with Crippen LogP contribution in [0, 0.1) is 0 Å². The first-order chi connectivity index (χ1) is 31.8. The van der Waals surface area contributed by atoms with Crippen molar-refractivity contribution in [2.24, 2.45) is 0 Å². The van der Waals surface area contributed by atoms with E-state index >= 15 is 0 Å². The maximum Gasteiger partial charge on any atom is -0.000696 e. The van der Waals surface area contributed by atoms with E-state index in [1.165, 1.54) is 152 Å². The van der Waals surface area contributed by atoms with E-state index in [1.807, 2.05) is 0 Å². The molecule has 0 aliphatic rings. The van der Waals surface area contributed by atoms with Crippen molar-refractivity contribution >= 4 is 108 Å². The first-order valence-electron chi connectivity index (χ1n) is 22.4. The summed E-state index contributed by atoms with van der Waals surface area (Å²) in [6, 6.07) is 82.0. The third-order valence-electron chi connectivity index (χ3n) is 14.6. The second kappa shape index (κ2) is 12.6. The maximum atomic E-state index is 2.44. The Morgan fingerprint density at radius 3 is 0.922 bits per heavy atom. The molecule has 15 rings (SSSR count). The fraction of sp³-hybridized carbons (Fsp3) is 0. The van der Waals surface area contributed by atoms with Crippen molar-refractivity contribution in [3.05, 3.63) is 218 Å². The highest BCUT2D eigenvalue weighted by molar-refractivity contribution is 6.53. The molecular formula is C64H36. The predicted octanol–water partition coefficient (Wildman–Crippen LogP) is 18.2. The van der Waals surface area contributed by atoms with Crippen LogP contribution in [0.25, 0.3) is 152 Å². The van der Waals surface area contributed by atoms with Crippen molar-refractivity contribution in [2.75, 3.05) is 0 Å². The van der Waals surface area contributed by atoms with Crippen LogP contribution in [0.5, 0.6) is 0 Å². The molecule has 0 saturated carbocycles. The Morgan fingerprint density at radius 2 is 0.469 bits per heavy atom. The molecule has 0 bridgehead atoms. The number of benzene rings is 13. The van der Waals surface area contributed by atoms with Gasteiger partial charge >= 0.3 is 0 Å². The maximum absolute atomic E-state index is 2.44. The van der Waals surface area contributed by atoms with E-state index in [0.29, 0.717) is 0 Å². The Labute approximate surface area is 368 Å². The minimum Gasteiger partial charge on any atom is -0.0622 e. The van der Waals surface area contributed by atoms with Gasteiger partial charge in [0.25, 0.3) is 0 Å². The van der Waals surface area contributed by atoms with E-state index in [0.717, 1.165) is 0 Å². The fourth-order valence-electron chi connectivity index (χ4n) is 12.3. The molecule has 0 nitrogen and oxygen atoms in total. The van der Waals surface area contributed by atoms with Crippen LogP contribution in [0.1, 0.15) is 0 Å². The van der Waals surface area contributed by atoms with Gasteiger partial charge in [-0.3, -0.25) is 0 Å². The fourth-order valence-corrected chi connectivity index (χ4v) is 12.3. The summed E-state index contributed by atoms with van der Waals surface area (Å²) < 4.78 is 0. The molecule has 0 saturated heterocycles. The van der Waals surface area contributed by atoms with Crippen LogP contribution < -0.4 is 0 Å². The van der Waals surface area contributed by atoms with E-state index in [9.17, 15) is 0 Å². The number of hydrogen-bond donors (Lipinski definition) is 0. The molecule has 0 spiro atoms. The van der Waals surface area contributed by atoms with Crippen LogP contribution in [-0.4, -0.2) is 0 Å². The highest BCUT2D eigenvalue weighted by Crippen LogP contribution is 2.58. The average molecular weight is 805 g/mol. The third kappa shape index (κ3) is 4.32. The molecule has 64 heavy (non-hydrogen) atoms. The number of fused-ring (bicyclic) bond motifs is 10. The zero-order valence-electron chi connectivity index (χ0n) is 34.8. The minimum atomic E-state index is 1.23. The molecule has 0 aliphatic carbocycles. The summed E-state index contributed by atoms with van der Waals surface area (Å²) in [5, 5.41) is 26.5. The topological polar surface area (TPSA) is 0 Å². The van der Waals surface area contributed by atoms with Crippen molar-refractivity contribution in [1.29, 1.82) is 0 Å². The SMILES string of the molecule is c1ccc(-c2ccc3c4c(-c5ccccc5)c5cccc6c5c(c5cccc7c(-c8ccccc8)c8c9cccc%10cccc(c%109)c8c6c75)c4c4ccc(-c5ccccc5)c2c34)cc1. The predicted molar refractivity (Wildman–Crippen MR) is 277 cm³/mol. The summed E-state index contributed by atoms with van der Waals surface area (Å²) in [7, 11) is 0. The monoisotopic (exact) mass is 804 g/mol. The molecule has 0 heterocycles. The molecule has 15 aromatic rings. The molecule has 0 amide bonds. The van der Waals surface area contributed by atoms with Gasteiger partial charge in [0.2, 0.25) is 0 Å². The normalized spacial score (nSPS) is 12.4. The zero-order chi connectivity index (χ0) is 41.6. The van der Waals surface area contributed by atoms with E-state index < -0.39 is 0 Å². The van der Waals surface area contributed by atoms with Gasteiger partial charge in [-0.05, 0) is 152 Å². The zero-order valence-corrected chi connectivity index (χ0v) is 34.8. The van der Waals surface area contributed by atoms with Gasteiger partial charge in [0.1, 0.15) is 0 Å². The second-order valence-electron chi connectivity index (χ2n) is 17.7. The van der Waals surface area contributed by atoms with Crippen molar-refractivity contribution in [3.63, 3.8) is 0 Å². The first-order valence-corrected chi connectivity index (χ1v) is 22.4. The number of hydrogen-bond acceptors (Lipinski definition) is 0. The van der Waals surface area contributed by atoms with Gasteiger partial charge in [-0.25, -0.2) is 0 Å². The van der Waals surface area contributed by atoms with Crippen molar-refractivity contribution < 1.29 is 0 Å². The standard InChI is InChI=1S/C64H36/c1-5-17-37(18-6-1)42-33-35-50-56-51(36-34-43(55(42)56)38-19-7-2-8-20-38)64-60(50)54(41-23-11-4-12-24-41)47-30-16-31-48-58(47)62(64)49-32-15-29-46-53(40-21-9-3-10-22-40)59-44-27-13-25-39-26-14-28-45(52(39)44)63(59)61(48)57(46)49/h1-36H. The summed E-state index contributed by atoms with van der Waals surface area (Å²) in [6.45, 7) is 0. The largest absolute Gasteiger partial charge is 0.0622 e. The van der Waals surface area contributed by atoms with Gasteiger partial charge in [0, 0.05) is 0 Å². The Balaban J connectivity index is 1.26.